The second kappa shape index (κ2) is 5.24. The molecule has 0 amide bonds. The molecule has 10 nitrogen and oxygen atoms in total. The molecule has 4 aliphatic heterocycles. The number of carbonyl (C=O) groups is 1. The van der Waals surface area contributed by atoms with Crippen molar-refractivity contribution in [3.63, 3.8) is 0 Å². The third-order valence-electron chi connectivity index (χ3n) is 6.30. The average molecular weight is 384 g/mol. The number of phenols is 1. The number of carbonyl (C=O) groups excluding carboxylic acids is 1. The Labute approximate surface area is 158 Å². The number of nitro groups is 2. The molecule has 2 aromatic rings. The molecule has 4 aliphatic rings. The van der Waals surface area contributed by atoms with Crippen LogP contribution in [0.4, 0.5) is 0 Å². The lowest BCUT2D eigenvalue weighted by atomic mass is 9.69. The first-order valence-electron chi connectivity index (χ1n) is 8.83. The number of aromatic hydroxyl groups is 1. The van der Waals surface area contributed by atoms with Crippen LogP contribution in [0.1, 0.15) is 11.7 Å². The molecular formula is C18H16N4O6. The predicted molar refractivity (Wildman–Crippen MR) is 96.0 cm³/mol. The molecule has 28 heavy (non-hydrogen) atoms. The van der Waals surface area contributed by atoms with Crippen LogP contribution in [-0.2, 0) is 4.79 Å². The molecule has 0 atom stereocenters. The third kappa shape index (κ3) is 1.86. The van der Waals surface area contributed by atoms with Gasteiger partial charge in [-0.1, -0.05) is 30.3 Å². The molecule has 0 saturated carbocycles. The summed E-state index contributed by atoms with van der Waals surface area (Å²) in [5, 5.41) is 35.9. The molecular weight excluding hydrogens is 368 g/mol. The van der Waals surface area contributed by atoms with Gasteiger partial charge in [-0.3, -0.25) is 34.8 Å². The summed E-state index contributed by atoms with van der Waals surface area (Å²) in [5.74, 6) is -0.893. The van der Waals surface area contributed by atoms with Crippen LogP contribution in [0, 0.1) is 20.2 Å². The molecule has 4 bridgehead atoms. The van der Waals surface area contributed by atoms with Crippen molar-refractivity contribution in [2.75, 3.05) is 26.2 Å². The molecule has 6 rings (SSSR count). The first-order valence-corrected chi connectivity index (χ1v) is 8.83. The van der Waals surface area contributed by atoms with Gasteiger partial charge in [0.2, 0.25) is 0 Å². The molecule has 2 aromatic carbocycles. The van der Waals surface area contributed by atoms with E-state index in [9.17, 15) is 30.1 Å². The number of hydrogen-bond donors (Lipinski definition) is 1. The van der Waals surface area contributed by atoms with Crippen molar-refractivity contribution in [1.82, 2.24) is 9.80 Å². The minimum absolute atomic E-state index is 0.0211. The summed E-state index contributed by atoms with van der Waals surface area (Å²) in [5.41, 5.74) is -3.47. The second-order valence-corrected chi connectivity index (χ2v) is 7.81. The van der Waals surface area contributed by atoms with Crippen LogP contribution in [0.3, 0.4) is 0 Å². The van der Waals surface area contributed by atoms with E-state index in [1.807, 2.05) is 24.3 Å². The fourth-order valence-corrected chi connectivity index (χ4v) is 5.17. The zero-order chi connectivity index (χ0) is 19.8. The summed E-state index contributed by atoms with van der Waals surface area (Å²) in [6.45, 7) is -0.840. The zero-order valence-electron chi connectivity index (χ0n) is 14.6. The minimum atomic E-state index is -2.01. The van der Waals surface area contributed by atoms with Crippen LogP contribution in [-0.4, -0.2) is 67.8 Å². The summed E-state index contributed by atoms with van der Waals surface area (Å²) < 4.78 is 0. The summed E-state index contributed by atoms with van der Waals surface area (Å²) in [7, 11) is 0. The molecule has 144 valence electrons. The van der Waals surface area contributed by atoms with E-state index in [0.717, 1.165) is 10.8 Å². The normalized spacial score (nSPS) is 36.0. The summed E-state index contributed by atoms with van der Waals surface area (Å²) >= 11 is 0. The topological polar surface area (TPSA) is 130 Å². The van der Waals surface area contributed by atoms with E-state index in [1.165, 1.54) is 0 Å². The van der Waals surface area contributed by atoms with Crippen LogP contribution in [0.5, 0.6) is 5.75 Å². The zero-order valence-corrected chi connectivity index (χ0v) is 14.6. The number of ketones is 1. The maximum atomic E-state index is 12.8. The van der Waals surface area contributed by atoms with E-state index in [4.69, 9.17) is 0 Å². The first-order chi connectivity index (χ1) is 13.3. The molecule has 4 fully saturated rings. The van der Waals surface area contributed by atoms with Gasteiger partial charge in [-0.25, -0.2) is 0 Å². The maximum Gasteiger partial charge on any atom is 0.311 e. The molecule has 4 saturated heterocycles. The van der Waals surface area contributed by atoms with Crippen molar-refractivity contribution < 1.29 is 19.7 Å². The first kappa shape index (κ1) is 17.0. The molecule has 0 radical (unpaired) electrons. The number of Topliss-reactive ketones (excluding diaryl/α,β-unsaturated/α-hetero) is 1. The molecule has 0 aromatic heterocycles. The van der Waals surface area contributed by atoms with E-state index >= 15 is 0 Å². The molecule has 0 aliphatic carbocycles. The Morgan fingerprint density at radius 1 is 0.929 bits per heavy atom. The molecule has 10 heteroatoms. The lowest BCUT2D eigenvalue weighted by molar-refractivity contribution is -0.609. The van der Waals surface area contributed by atoms with Gasteiger partial charge in [0, 0.05) is 15.4 Å². The SMILES string of the molecule is O=C1C2([N+](=O)[O-])CN3CC1([N+](=O)[O-])CN(C2)C3c1c(O)ccc2ccccc12. The Balaban J connectivity index is 1.70. The van der Waals surface area contributed by atoms with E-state index in [2.05, 4.69) is 0 Å². The standard InChI is InChI=1S/C18H16N4O6/c23-13-6-5-11-3-1-2-4-12(11)14(13)15-19-7-17(21(25)26)8-20(15)10-18(9-19,16(17)24)22(27)28/h1-6,15,23H,7-10H2. The van der Waals surface area contributed by atoms with Crippen molar-refractivity contribution in [3.05, 3.63) is 62.2 Å². The summed E-state index contributed by atoms with van der Waals surface area (Å²) in [4.78, 5) is 38.3. The highest BCUT2D eigenvalue weighted by Gasteiger charge is 2.78. The van der Waals surface area contributed by atoms with Crippen LogP contribution in [0.15, 0.2) is 36.4 Å². The summed E-state index contributed by atoms with van der Waals surface area (Å²) in [6.07, 6.45) is -0.569. The molecule has 0 unspecified atom stereocenters. The van der Waals surface area contributed by atoms with Gasteiger partial charge in [-0.05, 0) is 16.8 Å². The number of piperidine rings is 2. The van der Waals surface area contributed by atoms with Gasteiger partial charge in [-0.2, -0.15) is 0 Å². The van der Waals surface area contributed by atoms with Crippen molar-refractivity contribution in [3.8, 4) is 5.75 Å². The Morgan fingerprint density at radius 3 is 2.00 bits per heavy atom. The van der Waals surface area contributed by atoms with E-state index in [0.29, 0.717) is 5.56 Å². The van der Waals surface area contributed by atoms with Crippen LogP contribution < -0.4 is 0 Å². The fraction of sp³-hybridized carbons (Fsp3) is 0.389. The van der Waals surface area contributed by atoms with Gasteiger partial charge < -0.3 is 5.11 Å². The number of nitrogens with zero attached hydrogens (tertiary/aromatic N) is 4. The maximum absolute atomic E-state index is 12.8. The van der Waals surface area contributed by atoms with Crippen molar-refractivity contribution in [2.45, 2.75) is 17.2 Å². The number of hydrogen-bond acceptors (Lipinski definition) is 8. The van der Waals surface area contributed by atoms with Crippen LogP contribution in [0.25, 0.3) is 10.8 Å². The van der Waals surface area contributed by atoms with Crippen molar-refractivity contribution in [2.24, 2.45) is 0 Å². The largest absolute Gasteiger partial charge is 0.508 e. The Kier molecular flexibility index (Phi) is 3.18. The van der Waals surface area contributed by atoms with Crippen LogP contribution in [0.2, 0.25) is 0 Å². The highest BCUT2D eigenvalue weighted by Crippen LogP contribution is 2.50. The molecule has 1 N–H and O–H groups in total. The second-order valence-electron chi connectivity index (χ2n) is 7.81. The van der Waals surface area contributed by atoms with Gasteiger partial charge in [-0.15, -0.1) is 0 Å². The van der Waals surface area contributed by atoms with Gasteiger partial charge in [0.1, 0.15) is 5.75 Å². The Hall–Kier alpha value is -3.11. The van der Waals surface area contributed by atoms with Gasteiger partial charge >= 0.3 is 11.1 Å². The van der Waals surface area contributed by atoms with Gasteiger partial charge in [0.15, 0.2) is 0 Å². The van der Waals surface area contributed by atoms with Gasteiger partial charge in [0.05, 0.1) is 32.3 Å². The quantitative estimate of drug-likeness (QED) is 0.607. The smallest absolute Gasteiger partial charge is 0.311 e. The van der Waals surface area contributed by atoms with Crippen molar-refractivity contribution >= 4 is 16.6 Å². The number of phenolic OH excluding ortho intramolecular Hbond substituents is 1. The van der Waals surface area contributed by atoms with Crippen LogP contribution >= 0.6 is 0 Å². The monoisotopic (exact) mass is 384 g/mol. The average Bonchev–Trinajstić information content (AvgIpc) is 2.65. The van der Waals surface area contributed by atoms with E-state index < -0.39 is 32.9 Å². The number of fused-ring (bicyclic) bond motifs is 1. The lowest BCUT2D eigenvalue weighted by Gasteiger charge is -2.58. The molecule has 0 spiro atoms. The number of rotatable bonds is 3. The Morgan fingerprint density at radius 2 is 1.46 bits per heavy atom. The highest BCUT2D eigenvalue weighted by atomic mass is 16.6. The summed E-state index contributed by atoms with van der Waals surface area (Å²) in [6, 6.07) is 10.8. The lowest BCUT2D eigenvalue weighted by Crippen LogP contribution is -2.86. The van der Waals surface area contributed by atoms with E-state index in [1.54, 1.807) is 21.9 Å². The fourth-order valence-electron chi connectivity index (χ4n) is 5.17. The third-order valence-corrected chi connectivity index (χ3v) is 6.30. The minimum Gasteiger partial charge on any atom is -0.508 e. The van der Waals surface area contributed by atoms with Gasteiger partial charge in [0.25, 0.3) is 5.78 Å². The number of benzene rings is 2. The van der Waals surface area contributed by atoms with E-state index in [-0.39, 0.29) is 31.9 Å². The Bertz CT molecular complexity index is 1020. The highest BCUT2D eigenvalue weighted by molar-refractivity contribution is 5.98. The molecule has 4 heterocycles. The van der Waals surface area contributed by atoms with Crippen molar-refractivity contribution in [1.29, 1.82) is 0 Å². The predicted octanol–water partition coefficient (Wildman–Crippen LogP) is 0.789.